The van der Waals surface area contributed by atoms with Gasteiger partial charge in [0.2, 0.25) is 0 Å². The smallest absolute Gasteiger partial charge is 0.325 e. The highest BCUT2D eigenvalue weighted by molar-refractivity contribution is 6.01. The Labute approximate surface area is 207 Å². The summed E-state index contributed by atoms with van der Waals surface area (Å²) in [6, 6.07) is 8.54. The molecule has 2 aromatic heterocycles. The van der Waals surface area contributed by atoms with Crippen LogP contribution in [0.1, 0.15) is 48.9 Å². The standard InChI is InChI=1S/C26H29FN4O5/c1-36-22(34)15-28-25-23(17-9-11-18(27)12-10-17)30-24-19(8-5-13-31(24)25)26(35)29-20(14-21(32)33)16-6-3-2-4-7-16/h5,8-13,16,20,28H,2-4,6-7,14-15H2,1H3,(H,29,35)(H,32,33). The van der Waals surface area contributed by atoms with Gasteiger partial charge in [-0.05, 0) is 55.2 Å². The first-order valence-electron chi connectivity index (χ1n) is 12.0. The SMILES string of the molecule is COC(=O)CNc1c(-c2ccc(F)cc2)nc2c(C(=O)NC(CC(=O)O)C3CCCCC3)cccn12. The third kappa shape index (κ3) is 5.64. The van der Waals surface area contributed by atoms with E-state index in [1.165, 1.54) is 19.2 Å². The summed E-state index contributed by atoms with van der Waals surface area (Å²) in [5, 5.41) is 15.4. The minimum Gasteiger partial charge on any atom is -0.481 e. The van der Waals surface area contributed by atoms with Crippen LogP contribution >= 0.6 is 0 Å². The molecule has 190 valence electrons. The first kappa shape index (κ1) is 25.2. The normalized spacial score (nSPS) is 14.8. The number of nitrogens with one attached hydrogen (secondary N) is 2. The number of ether oxygens (including phenoxy) is 1. The Hall–Kier alpha value is -3.95. The van der Waals surface area contributed by atoms with E-state index in [4.69, 9.17) is 4.74 Å². The van der Waals surface area contributed by atoms with Crippen molar-refractivity contribution in [2.24, 2.45) is 5.92 Å². The Morgan fingerprint density at radius 3 is 2.56 bits per heavy atom. The molecule has 0 bridgehead atoms. The van der Waals surface area contributed by atoms with Crippen LogP contribution in [0.2, 0.25) is 0 Å². The first-order valence-corrected chi connectivity index (χ1v) is 12.0. The Kier molecular flexibility index (Phi) is 7.82. The molecule has 3 aromatic rings. The number of pyridine rings is 1. The number of esters is 1. The number of benzene rings is 1. The number of hydrogen-bond acceptors (Lipinski definition) is 6. The van der Waals surface area contributed by atoms with Crippen molar-refractivity contribution in [3.63, 3.8) is 0 Å². The number of imidazole rings is 1. The van der Waals surface area contributed by atoms with Crippen molar-refractivity contribution in [1.82, 2.24) is 14.7 Å². The second-order valence-corrected chi connectivity index (χ2v) is 8.94. The van der Waals surface area contributed by atoms with Gasteiger partial charge in [0.25, 0.3) is 5.91 Å². The first-order chi connectivity index (χ1) is 17.4. The summed E-state index contributed by atoms with van der Waals surface area (Å²) in [4.78, 5) is 41.4. The molecule has 1 fully saturated rings. The van der Waals surface area contributed by atoms with Gasteiger partial charge in [-0.1, -0.05) is 19.3 Å². The molecule has 1 aliphatic carbocycles. The molecule has 9 nitrogen and oxygen atoms in total. The van der Waals surface area contributed by atoms with Crippen molar-refractivity contribution in [2.45, 2.75) is 44.6 Å². The molecule has 2 heterocycles. The zero-order chi connectivity index (χ0) is 25.7. The quantitative estimate of drug-likeness (QED) is 0.384. The van der Waals surface area contributed by atoms with E-state index in [-0.39, 0.29) is 24.4 Å². The molecule has 10 heteroatoms. The maximum absolute atomic E-state index is 13.5. The van der Waals surface area contributed by atoms with E-state index in [1.54, 1.807) is 34.9 Å². The van der Waals surface area contributed by atoms with Crippen molar-refractivity contribution in [3.05, 3.63) is 54.0 Å². The monoisotopic (exact) mass is 496 g/mol. The summed E-state index contributed by atoms with van der Waals surface area (Å²) < 4.78 is 19.9. The summed E-state index contributed by atoms with van der Waals surface area (Å²) in [6.07, 6.45) is 6.45. The second-order valence-electron chi connectivity index (χ2n) is 8.94. The van der Waals surface area contributed by atoms with E-state index < -0.39 is 29.7 Å². The minimum absolute atomic E-state index is 0.102. The van der Waals surface area contributed by atoms with Crippen LogP contribution in [0.15, 0.2) is 42.6 Å². The fourth-order valence-corrected chi connectivity index (χ4v) is 4.76. The molecule has 0 radical (unpaired) electrons. The van der Waals surface area contributed by atoms with Crippen molar-refractivity contribution in [3.8, 4) is 11.3 Å². The fraction of sp³-hybridized carbons (Fsp3) is 0.385. The number of nitrogens with zero attached hydrogens (tertiary/aromatic N) is 2. The number of carboxylic acid groups (broad SMARTS) is 1. The zero-order valence-electron chi connectivity index (χ0n) is 20.0. The van der Waals surface area contributed by atoms with Gasteiger partial charge in [0, 0.05) is 17.8 Å². The molecular formula is C26H29FN4O5. The molecular weight excluding hydrogens is 467 g/mol. The number of carbonyl (C=O) groups excluding carboxylic acids is 2. The molecule has 1 unspecified atom stereocenters. The summed E-state index contributed by atoms with van der Waals surface area (Å²) in [5.74, 6) is -1.74. The number of rotatable bonds is 9. The van der Waals surface area contributed by atoms with Crippen LogP contribution in [0.4, 0.5) is 10.2 Å². The highest BCUT2D eigenvalue weighted by Crippen LogP contribution is 2.31. The van der Waals surface area contributed by atoms with Crippen LogP contribution in [-0.4, -0.2) is 52.0 Å². The topological polar surface area (TPSA) is 122 Å². The van der Waals surface area contributed by atoms with Gasteiger partial charge in [-0.3, -0.25) is 18.8 Å². The fourth-order valence-electron chi connectivity index (χ4n) is 4.76. The van der Waals surface area contributed by atoms with Crippen molar-refractivity contribution in [1.29, 1.82) is 0 Å². The van der Waals surface area contributed by atoms with Gasteiger partial charge in [0.05, 0.1) is 19.1 Å². The molecule has 1 saturated carbocycles. The lowest BCUT2D eigenvalue weighted by atomic mass is 9.82. The summed E-state index contributed by atoms with van der Waals surface area (Å²) in [7, 11) is 1.28. The van der Waals surface area contributed by atoms with Gasteiger partial charge in [-0.25, -0.2) is 9.37 Å². The number of aliphatic carboxylic acids is 1. The molecule has 36 heavy (non-hydrogen) atoms. The molecule has 1 aliphatic rings. The average molecular weight is 497 g/mol. The lowest BCUT2D eigenvalue weighted by molar-refractivity contribution is -0.139. The summed E-state index contributed by atoms with van der Waals surface area (Å²) in [6.45, 7) is -0.142. The van der Waals surface area contributed by atoms with Crippen LogP contribution in [0.5, 0.6) is 0 Å². The van der Waals surface area contributed by atoms with E-state index in [0.29, 0.717) is 22.7 Å². The van der Waals surface area contributed by atoms with Gasteiger partial charge in [-0.2, -0.15) is 0 Å². The Bertz CT molecular complexity index is 1250. The van der Waals surface area contributed by atoms with Crippen molar-refractivity contribution in [2.75, 3.05) is 19.0 Å². The molecule has 1 atom stereocenters. The van der Waals surface area contributed by atoms with Gasteiger partial charge in [0.1, 0.15) is 23.9 Å². The largest absolute Gasteiger partial charge is 0.481 e. The Balaban J connectivity index is 1.72. The van der Waals surface area contributed by atoms with Crippen LogP contribution in [-0.2, 0) is 14.3 Å². The lowest BCUT2D eigenvalue weighted by Crippen LogP contribution is -2.42. The van der Waals surface area contributed by atoms with Crippen LogP contribution < -0.4 is 10.6 Å². The van der Waals surface area contributed by atoms with E-state index in [2.05, 4.69) is 15.6 Å². The maximum Gasteiger partial charge on any atom is 0.325 e. The summed E-state index contributed by atoms with van der Waals surface area (Å²) >= 11 is 0. The zero-order valence-corrected chi connectivity index (χ0v) is 20.0. The number of anilines is 1. The number of halogens is 1. The average Bonchev–Trinajstić information content (AvgIpc) is 3.26. The number of amides is 1. The third-order valence-corrected chi connectivity index (χ3v) is 6.57. The lowest BCUT2D eigenvalue weighted by Gasteiger charge is -2.30. The Morgan fingerprint density at radius 2 is 1.89 bits per heavy atom. The molecule has 4 rings (SSSR count). The number of methoxy groups -OCH3 is 1. The molecule has 1 aromatic carbocycles. The molecule has 3 N–H and O–H groups in total. The van der Waals surface area contributed by atoms with Gasteiger partial charge in [-0.15, -0.1) is 0 Å². The highest BCUT2D eigenvalue weighted by Gasteiger charge is 2.29. The van der Waals surface area contributed by atoms with Crippen LogP contribution in [0.3, 0.4) is 0 Å². The number of carbonyl (C=O) groups is 3. The van der Waals surface area contributed by atoms with E-state index in [0.717, 1.165) is 32.1 Å². The number of aromatic nitrogens is 2. The number of fused-ring (bicyclic) bond motifs is 1. The maximum atomic E-state index is 13.5. The second kappa shape index (κ2) is 11.2. The van der Waals surface area contributed by atoms with E-state index in [9.17, 15) is 23.9 Å². The van der Waals surface area contributed by atoms with Gasteiger partial charge < -0.3 is 20.5 Å². The summed E-state index contributed by atoms with van der Waals surface area (Å²) in [5.41, 5.74) is 1.59. The number of carboxylic acids is 1. The van der Waals surface area contributed by atoms with Crippen LogP contribution in [0.25, 0.3) is 16.9 Å². The predicted molar refractivity (Wildman–Crippen MR) is 131 cm³/mol. The third-order valence-electron chi connectivity index (χ3n) is 6.57. The molecule has 1 amide bonds. The minimum atomic E-state index is -0.960. The Morgan fingerprint density at radius 1 is 1.17 bits per heavy atom. The van der Waals surface area contributed by atoms with Gasteiger partial charge >= 0.3 is 11.9 Å². The van der Waals surface area contributed by atoms with Crippen LogP contribution in [0, 0.1) is 11.7 Å². The molecule has 0 spiro atoms. The predicted octanol–water partition coefficient (Wildman–Crippen LogP) is 3.88. The molecule has 0 saturated heterocycles. The molecule has 0 aliphatic heterocycles. The van der Waals surface area contributed by atoms with E-state index >= 15 is 0 Å². The van der Waals surface area contributed by atoms with Crippen molar-refractivity contribution < 1.29 is 28.6 Å². The highest BCUT2D eigenvalue weighted by atomic mass is 19.1. The van der Waals surface area contributed by atoms with Gasteiger partial charge in [0.15, 0.2) is 5.65 Å². The van der Waals surface area contributed by atoms with E-state index in [1.807, 2.05) is 0 Å². The van der Waals surface area contributed by atoms with Crippen molar-refractivity contribution >= 4 is 29.3 Å². The number of hydrogen-bond donors (Lipinski definition) is 3.